The average Bonchev–Trinajstić information content (AvgIpc) is 2.65. The molecule has 2 amide bonds. The van der Waals surface area contributed by atoms with Crippen LogP contribution >= 0.6 is 11.6 Å². The Balaban J connectivity index is 1.93. The Kier molecular flexibility index (Phi) is 6.55. The summed E-state index contributed by atoms with van der Waals surface area (Å²) >= 11 is 5.82. The molecule has 6 heteroatoms. The highest BCUT2D eigenvalue weighted by Gasteiger charge is 2.17. The lowest BCUT2D eigenvalue weighted by molar-refractivity contribution is -0.121. The van der Waals surface area contributed by atoms with Crippen molar-refractivity contribution in [2.24, 2.45) is 0 Å². The zero-order valence-corrected chi connectivity index (χ0v) is 14.6. The highest BCUT2D eigenvalue weighted by Crippen LogP contribution is 2.10. The van der Waals surface area contributed by atoms with E-state index in [2.05, 4.69) is 5.32 Å². The van der Waals surface area contributed by atoms with Gasteiger partial charge in [0.05, 0.1) is 18.2 Å². The van der Waals surface area contributed by atoms with Crippen LogP contribution in [-0.2, 0) is 11.3 Å². The van der Waals surface area contributed by atoms with Gasteiger partial charge >= 0.3 is 0 Å². The Morgan fingerprint density at radius 2 is 1.76 bits per heavy atom. The lowest BCUT2D eigenvalue weighted by atomic mass is 10.1. The van der Waals surface area contributed by atoms with Crippen molar-refractivity contribution < 1.29 is 9.59 Å². The lowest BCUT2D eigenvalue weighted by Crippen LogP contribution is -2.40. The first-order chi connectivity index (χ1) is 12.0. The number of halogens is 1. The normalized spacial score (nSPS) is 9.96. The van der Waals surface area contributed by atoms with E-state index in [1.54, 1.807) is 36.4 Å². The van der Waals surface area contributed by atoms with Gasteiger partial charge in [-0.3, -0.25) is 9.59 Å². The summed E-state index contributed by atoms with van der Waals surface area (Å²) in [6.45, 7) is 2.57. The molecule has 2 aromatic carbocycles. The Labute approximate surface area is 151 Å². The van der Waals surface area contributed by atoms with Crippen LogP contribution in [0.2, 0.25) is 5.02 Å². The fourth-order valence-electron chi connectivity index (χ4n) is 2.23. The minimum absolute atomic E-state index is 0.0249. The second-order valence-electron chi connectivity index (χ2n) is 5.41. The minimum Gasteiger partial charge on any atom is -0.350 e. The first-order valence-electron chi connectivity index (χ1n) is 7.84. The first-order valence-corrected chi connectivity index (χ1v) is 8.22. The summed E-state index contributed by atoms with van der Waals surface area (Å²) in [6.07, 6.45) is 0. The summed E-state index contributed by atoms with van der Waals surface area (Å²) in [4.78, 5) is 26.0. The molecule has 0 aliphatic carbocycles. The van der Waals surface area contributed by atoms with Crippen molar-refractivity contribution in [2.45, 2.75) is 13.5 Å². The summed E-state index contributed by atoms with van der Waals surface area (Å²) in [5.41, 5.74) is 1.87. The SMILES string of the molecule is CCN(CC(=O)NCc1ccc(Cl)cc1)C(=O)c1ccc(C#N)cc1. The smallest absolute Gasteiger partial charge is 0.254 e. The molecule has 25 heavy (non-hydrogen) atoms. The largest absolute Gasteiger partial charge is 0.350 e. The highest BCUT2D eigenvalue weighted by atomic mass is 35.5. The number of hydrogen-bond donors (Lipinski definition) is 1. The molecule has 1 N–H and O–H groups in total. The van der Waals surface area contributed by atoms with Crippen LogP contribution in [0, 0.1) is 11.3 Å². The van der Waals surface area contributed by atoms with E-state index < -0.39 is 0 Å². The van der Waals surface area contributed by atoms with Crippen LogP contribution in [0.15, 0.2) is 48.5 Å². The van der Waals surface area contributed by atoms with E-state index in [0.29, 0.717) is 29.2 Å². The number of rotatable bonds is 6. The number of carbonyl (C=O) groups excluding carboxylic acids is 2. The molecule has 0 aromatic heterocycles. The van der Waals surface area contributed by atoms with E-state index in [1.165, 1.54) is 4.90 Å². The molecule has 128 valence electrons. The molecular weight excluding hydrogens is 338 g/mol. The van der Waals surface area contributed by atoms with Crippen LogP contribution in [0.1, 0.15) is 28.4 Å². The molecule has 0 radical (unpaired) electrons. The molecule has 0 spiro atoms. The topological polar surface area (TPSA) is 73.2 Å². The van der Waals surface area contributed by atoms with Crippen LogP contribution in [0.5, 0.6) is 0 Å². The van der Waals surface area contributed by atoms with Crippen molar-refractivity contribution in [1.82, 2.24) is 10.2 Å². The Morgan fingerprint density at radius 1 is 1.12 bits per heavy atom. The molecule has 0 atom stereocenters. The first kappa shape index (κ1) is 18.5. The molecule has 0 bridgehead atoms. The van der Waals surface area contributed by atoms with E-state index >= 15 is 0 Å². The van der Waals surface area contributed by atoms with Gasteiger partial charge in [-0.25, -0.2) is 0 Å². The van der Waals surface area contributed by atoms with Gasteiger partial charge in [0.15, 0.2) is 0 Å². The second-order valence-corrected chi connectivity index (χ2v) is 5.85. The number of likely N-dealkylation sites (N-methyl/N-ethyl adjacent to an activating group) is 1. The minimum atomic E-state index is -0.242. The van der Waals surface area contributed by atoms with Crippen molar-refractivity contribution in [3.8, 4) is 6.07 Å². The van der Waals surface area contributed by atoms with Gasteiger partial charge < -0.3 is 10.2 Å². The summed E-state index contributed by atoms with van der Waals surface area (Å²) < 4.78 is 0. The molecule has 2 aromatic rings. The molecule has 5 nitrogen and oxygen atoms in total. The van der Waals surface area contributed by atoms with Crippen LogP contribution in [0.4, 0.5) is 0 Å². The lowest BCUT2D eigenvalue weighted by Gasteiger charge is -2.20. The van der Waals surface area contributed by atoms with Gasteiger partial charge in [0.2, 0.25) is 5.91 Å². The fourth-order valence-corrected chi connectivity index (χ4v) is 2.36. The summed E-state index contributed by atoms with van der Waals surface area (Å²) in [6, 6.07) is 15.6. The maximum absolute atomic E-state index is 12.5. The van der Waals surface area contributed by atoms with Crippen molar-refractivity contribution >= 4 is 23.4 Å². The van der Waals surface area contributed by atoms with Gasteiger partial charge in [0.25, 0.3) is 5.91 Å². The molecule has 0 saturated carbocycles. The third-order valence-corrected chi connectivity index (χ3v) is 3.92. The van der Waals surface area contributed by atoms with Crippen LogP contribution < -0.4 is 5.32 Å². The molecule has 2 rings (SSSR count). The van der Waals surface area contributed by atoms with Crippen molar-refractivity contribution in [3.05, 3.63) is 70.2 Å². The van der Waals surface area contributed by atoms with E-state index in [1.807, 2.05) is 25.1 Å². The summed E-state index contributed by atoms with van der Waals surface area (Å²) in [5, 5.41) is 12.2. The second kappa shape index (κ2) is 8.86. The van der Waals surface area contributed by atoms with Gasteiger partial charge in [0.1, 0.15) is 0 Å². The zero-order valence-electron chi connectivity index (χ0n) is 13.8. The van der Waals surface area contributed by atoms with Crippen molar-refractivity contribution in [3.63, 3.8) is 0 Å². The standard InChI is InChI=1S/C19H18ClN3O2/c1-2-23(19(25)16-7-3-14(11-21)4-8-16)13-18(24)22-12-15-5-9-17(20)10-6-15/h3-10H,2,12-13H2,1H3,(H,22,24). The molecule has 0 saturated heterocycles. The molecule has 0 aliphatic heterocycles. The molecule has 0 aliphatic rings. The van der Waals surface area contributed by atoms with E-state index in [9.17, 15) is 9.59 Å². The van der Waals surface area contributed by atoms with E-state index in [0.717, 1.165) is 5.56 Å². The van der Waals surface area contributed by atoms with Crippen molar-refractivity contribution in [1.29, 1.82) is 5.26 Å². The molecule has 0 fully saturated rings. The monoisotopic (exact) mass is 355 g/mol. The number of benzene rings is 2. The van der Waals surface area contributed by atoms with Crippen molar-refractivity contribution in [2.75, 3.05) is 13.1 Å². The van der Waals surface area contributed by atoms with Crippen LogP contribution in [0.3, 0.4) is 0 Å². The number of nitriles is 1. The summed E-state index contributed by atoms with van der Waals surface area (Å²) in [7, 11) is 0. The fraction of sp³-hybridized carbons (Fsp3) is 0.211. The number of nitrogens with one attached hydrogen (secondary N) is 1. The molecule has 0 heterocycles. The number of nitrogens with zero attached hydrogens (tertiary/aromatic N) is 2. The van der Waals surface area contributed by atoms with E-state index in [4.69, 9.17) is 16.9 Å². The Bertz CT molecular complexity index is 780. The highest BCUT2D eigenvalue weighted by molar-refractivity contribution is 6.30. The Morgan fingerprint density at radius 3 is 2.32 bits per heavy atom. The molecule has 0 unspecified atom stereocenters. The number of amides is 2. The maximum atomic E-state index is 12.5. The predicted octanol–water partition coefficient (Wildman–Crippen LogP) is 2.99. The van der Waals surface area contributed by atoms with Gasteiger partial charge in [0, 0.05) is 23.7 Å². The third kappa shape index (κ3) is 5.33. The average molecular weight is 356 g/mol. The van der Waals surface area contributed by atoms with Crippen LogP contribution in [-0.4, -0.2) is 29.8 Å². The van der Waals surface area contributed by atoms with Gasteiger partial charge in [-0.05, 0) is 48.9 Å². The van der Waals surface area contributed by atoms with E-state index in [-0.39, 0.29) is 18.4 Å². The third-order valence-electron chi connectivity index (χ3n) is 3.67. The quantitative estimate of drug-likeness (QED) is 0.865. The predicted molar refractivity (Wildman–Crippen MR) is 96.0 cm³/mol. The van der Waals surface area contributed by atoms with Gasteiger partial charge in [-0.15, -0.1) is 0 Å². The van der Waals surface area contributed by atoms with Crippen LogP contribution in [0.25, 0.3) is 0 Å². The number of hydrogen-bond acceptors (Lipinski definition) is 3. The molecular formula is C19H18ClN3O2. The Hall–Kier alpha value is -2.84. The maximum Gasteiger partial charge on any atom is 0.254 e. The zero-order chi connectivity index (χ0) is 18.2. The summed E-state index contributed by atoms with van der Waals surface area (Å²) in [5.74, 6) is -0.479. The van der Waals surface area contributed by atoms with Gasteiger partial charge in [-0.1, -0.05) is 23.7 Å². The van der Waals surface area contributed by atoms with Gasteiger partial charge in [-0.2, -0.15) is 5.26 Å². The number of carbonyl (C=O) groups is 2.